The smallest absolute Gasteiger partial charge is 0.0864 e. The van der Waals surface area contributed by atoms with E-state index < -0.39 is 0 Å². The summed E-state index contributed by atoms with van der Waals surface area (Å²) in [5, 5.41) is 0. The number of rotatable bonds is 2. The van der Waals surface area contributed by atoms with Gasteiger partial charge in [-0.1, -0.05) is 28.1 Å². The van der Waals surface area contributed by atoms with Crippen LogP contribution in [0.5, 0.6) is 0 Å². The molecule has 0 saturated carbocycles. The molecule has 0 radical (unpaired) electrons. The third kappa shape index (κ3) is 2.61. The quantitative estimate of drug-likeness (QED) is 0.733. The molecule has 2 rings (SSSR count). The molecular formula is C13H16BrClO. The number of aryl methyl sites for hydroxylation is 1. The zero-order valence-corrected chi connectivity index (χ0v) is 11.7. The van der Waals surface area contributed by atoms with Crippen molar-refractivity contribution in [3.63, 3.8) is 0 Å². The van der Waals surface area contributed by atoms with Crippen molar-refractivity contribution < 1.29 is 4.74 Å². The standard InChI is InChI=1S/C13H16BrClO/c1-9-7-10(4-5-12(9)14)13-11(8-15)3-2-6-16-13/h4-5,7,11,13H,2-3,6,8H2,1H3. The van der Waals surface area contributed by atoms with E-state index in [1.54, 1.807) is 0 Å². The molecule has 3 heteroatoms. The van der Waals surface area contributed by atoms with Crippen molar-refractivity contribution in [3.8, 4) is 0 Å². The molecule has 1 aliphatic heterocycles. The Labute approximate surface area is 110 Å². The number of ether oxygens (including phenoxy) is 1. The average Bonchev–Trinajstić information content (AvgIpc) is 2.32. The third-order valence-electron chi connectivity index (χ3n) is 3.15. The SMILES string of the molecule is Cc1cc(C2OCCCC2CCl)ccc1Br. The van der Waals surface area contributed by atoms with Crippen LogP contribution >= 0.6 is 27.5 Å². The lowest BCUT2D eigenvalue weighted by atomic mass is 9.90. The molecule has 1 nitrogen and oxygen atoms in total. The predicted molar refractivity (Wildman–Crippen MR) is 71.0 cm³/mol. The molecule has 0 spiro atoms. The van der Waals surface area contributed by atoms with Crippen LogP contribution in [0.4, 0.5) is 0 Å². The van der Waals surface area contributed by atoms with E-state index >= 15 is 0 Å². The Morgan fingerprint density at radius 2 is 2.31 bits per heavy atom. The van der Waals surface area contributed by atoms with Crippen molar-refractivity contribution in [1.82, 2.24) is 0 Å². The van der Waals surface area contributed by atoms with Crippen molar-refractivity contribution in [2.45, 2.75) is 25.9 Å². The highest BCUT2D eigenvalue weighted by atomic mass is 79.9. The summed E-state index contributed by atoms with van der Waals surface area (Å²) in [5.41, 5.74) is 2.51. The van der Waals surface area contributed by atoms with Crippen molar-refractivity contribution in [2.24, 2.45) is 5.92 Å². The maximum Gasteiger partial charge on any atom is 0.0864 e. The fraction of sp³-hybridized carbons (Fsp3) is 0.538. The van der Waals surface area contributed by atoms with Crippen LogP contribution in [0.3, 0.4) is 0 Å². The first-order valence-electron chi connectivity index (χ1n) is 5.66. The van der Waals surface area contributed by atoms with Crippen molar-refractivity contribution in [2.75, 3.05) is 12.5 Å². The van der Waals surface area contributed by atoms with Gasteiger partial charge in [0, 0.05) is 22.9 Å². The van der Waals surface area contributed by atoms with Crippen molar-refractivity contribution in [1.29, 1.82) is 0 Å². The summed E-state index contributed by atoms with van der Waals surface area (Å²) in [6, 6.07) is 6.42. The van der Waals surface area contributed by atoms with Gasteiger partial charge in [-0.15, -0.1) is 11.6 Å². The van der Waals surface area contributed by atoms with E-state index in [2.05, 4.69) is 41.1 Å². The van der Waals surface area contributed by atoms with Crippen LogP contribution < -0.4 is 0 Å². The number of halogens is 2. The minimum atomic E-state index is 0.179. The van der Waals surface area contributed by atoms with E-state index in [-0.39, 0.29) is 6.10 Å². The lowest BCUT2D eigenvalue weighted by Crippen LogP contribution is -2.23. The summed E-state index contributed by atoms with van der Waals surface area (Å²) >= 11 is 9.53. The van der Waals surface area contributed by atoms with Gasteiger partial charge in [0.25, 0.3) is 0 Å². The molecule has 1 aliphatic rings. The highest BCUT2D eigenvalue weighted by Crippen LogP contribution is 2.35. The van der Waals surface area contributed by atoms with Crippen LogP contribution in [0.2, 0.25) is 0 Å². The summed E-state index contributed by atoms with van der Waals surface area (Å²) in [6.45, 7) is 2.96. The van der Waals surface area contributed by atoms with Gasteiger partial charge in [-0.2, -0.15) is 0 Å². The largest absolute Gasteiger partial charge is 0.373 e. The Morgan fingerprint density at radius 3 is 3.00 bits per heavy atom. The molecule has 2 atom stereocenters. The van der Waals surface area contributed by atoms with Gasteiger partial charge in [-0.25, -0.2) is 0 Å². The zero-order valence-electron chi connectivity index (χ0n) is 9.38. The molecule has 1 heterocycles. The minimum absolute atomic E-state index is 0.179. The number of hydrogen-bond donors (Lipinski definition) is 0. The molecule has 0 bridgehead atoms. The van der Waals surface area contributed by atoms with Crippen LogP contribution in [0.1, 0.15) is 30.1 Å². The summed E-state index contributed by atoms with van der Waals surface area (Å²) in [7, 11) is 0. The second kappa shape index (κ2) is 5.52. The highest BCUT2D eigenvalue weighted by molar-refractivity contribution is 9.10. The van der Waals surface area contributed by atoms with Gasteiger partial charge in [0.1, 0.15) is 0 Å². The first-order valence-corrected chi connectivity index (χ1v) is 6.98. The fourth-order valence-electron chi connectivity index (χ4n) is 2.21. The predicted octanol–water partition coefficient (Wildman–Crippen LogP) is 4.46. The molecule has 1 fully saturated rings. The Kier molecular flexibility index (Phi) is 4.28. The van der Waals surface area contributed by atoms with E-state index in [0.29, 0.717) is 11.8 Å². The Bertz CT molecular complexity index is 367. The molecule has 1 saturated heterocycles. The summed E-state index contributed by atoms with van der Waals surface area (Å²) < 4.78 is 7.01. The van der Waals surface area contributed by atoms with Gasteiger partial charge >= 0.3 is 0 Å². The first kappa shape index (κ1) is 12.4. The van der Waals surface area contributed by atoms with Crippen LogP contribution in [-0.2, 0) is 4.74 Å². The van der Waals surface area contributed by atoms with Gasteiger partial charge < -0.3 is 4.74 Å². The minimum Gasteiger partial charge on any atom is -0.373 e. The molecule has 16 heavy (non-hydrogen) atoms. The van der Waals surface area contributed by atoms with Crippen LogP contribution in [0, 0.1) is 12.8 Å². The van der Waals surface area contributed by atoms with Gasteiger partial charge in [-0.3, -0.25) is 0 Å². The maximum atomic E-state index is 6.01. The average molecular weight is 304 g/mol. The van der Waals surface area contributed by atoms with E-state index in [9.17, 15) is 0 Å². The van der Waals surface area contributed by atoms with E-state index in [0.717, 1.165) is 17.5 Å². The molecule has 0 aliphatic carbocycles. The molecule has 88 valence electrons. The topological polar surface area (TPSA) is 9.23 Å². The fourth-order valence-corrected chi connectivity index (χ4v) is 2.78. The number of hydrogen-bond acceptors (Lipinski definition) is 1. The highest BCUT2D eigenvalue weighted by Gasteiger charge is 2.26. The van der Waals surface area contributed by atoms with Crippen molar-refractivity contribution >= 4 is 27.5 Å². The monoisotopic (exact) mass is 302 g/mol. The maximum absolute atomic E-state index is 6.01. The molecule has 2 unspecified atom stereocenters. The molecule has 1 aromatic rings. The third-order valence-corrected chi connectivity index (χ3v) is 4.44. The molecular weight excluding hydrogens is 287 g/mol. The number of alkyl halides is 1. The number of benzene rings is 1. The van der Waals surface area contributed by atoms with Crippen molar-refractivity contribution in [3.05, 3.63) is 33.8 Å². The lowest BCUT2D eigenvalue weighted by molar-refractivity contribution is -0.0208. The first-order chi connectivity index (χ1) is 7.72. The van der Waals surface area contributed by atoms with E-state index in [4.69, 9.17) is 16.3 Å². The van der Waals surface area contributed by atoms with Crippen LogP contribution in [0.25, 0.3) is 0 Å². The zero-order chi connectivity index (χ0) is 11.5. The molecule has 0 N–H and O–H groups in total. The van der Waals surface area contributed by atoms with Gasteiger partial charge in [0.05, 0.1) is 6.10 Å². The summed E-state index contributed by atoms with van der Waals surface area (Å²) in [4.78, 5) is 0. The summed E-state index contributed by atoms with van der Waals surface area (Å²) in [5.74, 6) is 1.13. The van der Waals surface area contributed by atoms with Crippen LogP contribution in [0.15, 0.2) is 22.7 Å². The van der Waals surface area contributed by atoms with E-state index in [1.807, 2.05) is 0 Å². The van der Waals surface area contributed by atoms with Gasteiger partial charge in [0.15, 0.2) is 0 Å². The molecule has 0 aromatic heterocycles. The Morgan fingerprint density at radius 1 is 1.50 bits per heavy atom. The lowest BCUT2D eigenvalue weighted by Gasteiger charge is -2.31. The van der Waals surface area contributed by atoms with E-state index in [1.165, 1.54) is 17.5 Å². The van der Waals surface area contributed by atoms with Gasteiger partial charge in [-0.05, 0) is 37.0 Å². The second-order valence-corrected chi connectivity index (χ2v) is 5.52. The second-order valence-electron chi connectivity index (χ2n) is 4.36. The van der Waals surface area contributed by atoms with Crippen LogP contribution in [-0.4, -0.2) is 12.5 Å². The Balaban J connectivity index is 2.23. The molecule has 0 amide bonds. The van der Waals surface area contributed by atoms with Gasteiger partial charge in [0.2, 0.25) is 0 Å². The normalized spacial score (nSPS) is 25.7. The molecule has 1 aromatic carbocycles. The summed E-state index contributed by atoms with van der Waals surface area (Å²) in [6.07, 6.45) is 2.48. The Hall–Kier alpha value is -0.0500.